The Morgan fingerprint density at radius 1 is 0.461 bits per heavy atom. The molecule has 0 aromatic heterocycles. The number of benzene rings is 2. The average Bonchev–Trinajstić information content (AvgIpc) is 3.32. The largest absolute Gasteiger partial charge is 0.507 e. The first-order chi connectivity index (χ1) is 35.6. The molecule has 8 amide bonds. The second-order valence-electron chi connectivity index (χ2n) is 18.7. The van der Waals surface area contributed by atoms with Crippen LogP contribution in [-0.4, -0.2) is 167 Å². The number of aliphatic carboxylic acids is 2. The highest BCUT2D eigenvalue weighted by atomic mass is 16.4. The number of fused-ring (bicyclic) bond motifs is 2. The molecule has 0 radical (unpaired) electrons. The highest BCUT2D eigenvalue weighted by Crippen LogP contribution is 2.42. The van der Waals surface area contributed by atoms with Crippen molar-refractivity contribution in [2.24, 2.45) is 23.3 Å². The number of amides is 8. The zero-order chi connectivity index (χ0) is 57.1. The van der Waals surface area contributed by atoms with E-state index in [0.717, 1.165) is 12.1 Å². The fraction of sp³-hybridized carbons (Fsp3) is 0.500. The standard InChI is InChI=1S/C48H68N12O16/c1-21(2)15-27(43(49)71)59-45(73)23(5)55-47(75)29(17-35(65)66)57-33(63)19-51-11-13-53-25-7-8-26(38-37(25)41(69)39-31(61)9-10-32(62)40(39)42(38)70)54-14-12-52-20-34(64)58-30(18-36(67)68)48(76)56-24(6)46(74)60-28(44(50)72)16-22(3)4/h7-10,21-24,27-30,51-54,61-62H,11-20H2,1-6H3,(H2,49,71)(H2,50,72)(H,55,75)(H,56,76)(H,57,63)(H,58,64)(H,59,73)(H,60,74)(H,65,66)(H,67,68)/t23-,24-,27-,28-,29-,30-/m0/s1. The van der Waals surface area contributed by atoms with Gasteiger partial charge in [-0.05, 0) is 62.8 Å². The molecule has 0 fully saturated rings. The highest BCUT2D eigenvalue weighted by Gasteiger charge is 2.38. The summed E-state index contributed by atoms with van der Waals surface area (Å²) in [6.07, 6.45) is -1.23. The molecule has 0 bridgehead atoms. The smallest absolute Gasteiger partial charge is 0.305 e. The van der Waals surface area contributed by atoms with E-state index >= 15 is 0 Å². The quantitative estimate of drug-likeness (QED) is 0.0217. The zero-order valence-corrected chi connectivity index (χ0v) is 42.8. The van der Waals surface area contributed by atoms with Crippen molar-refractivity contribution in [3.05, 3.63) is 46.5 Å². The molecule has 0 aliphatic heterocycles. The Labute approximate surface area is 436 Å². The molecule has 3 rings (SSSR count). The number of anilines is 2. The first kappa shape index (κ1) is 61.9. The number of phenolic OH excluding ortho intramolecular Hbond substituents is 2. The molecule has 28 heteroatoms. The lowest BCUT2D eigenvalue weighted by atomic mass is 9.81. The summed E-state index contributed by atoms with van der Waals surface area (Å²) in [4.78, 5) is 152. The van der Waals surface area contributed by atoms with Crippen molar-refractivity contribution in [2.75, 3.05) is 49.9 Å². The second kappa shape index (κ2) is 28.9. The van der Waals surface area contributed by atoms with Crippen LogP contribution < -0.4 is 64.6 Å². The summed E-state index contributed by atoms with van der Waals surface area (Å²) in [7, 11) is 0. The maximum absolute atomic E-state index is 14.0. The van der Waals surface area contributed by atoms with E-state index in [1.807, 2.05) is 27.7 Å². The monoisotopic (exact) mass is 1070 g/mol. The summed E-state index contributed by atoms with van der Waals surface area (Å²) in [5, 5.41) is 65.8. The Hall–Kier alpha value is -8.40. The second-order valence-corrected chi connectivity index (χ2v) is 18.7. The molecule has 416 valence electrons. The Morgan fingerprint density at radius 2 is 0.803 bits per heavy atom. The average molecular weight is 1070 g/mol. The predicted octanol–water partition coefficient (Wildman–Crippen LogP) is -3.16. The van der Waals surface area contributed by atoms with Crippen LogP contribution >= 0.6 is 0 Å². The van der Waals surface area contributed by atoms with Gasteiger partial charge in [0, 0.05) is 37.6 Å². The van der Waals surface area contributed by atoms with Crippen LogP contribution in [0.1, 0.15) is 99.1 Å². The van der Waals surface area contributed by atoms with Crippen molar-refractivity contribution in [3.63, 3.8) is 0 Å². The molecule has 0 saturated heterocycles. The number of rotatable bonds is 32. The third-order valence-corrected chi connectivity index (χ3v) is 11.4. The number of hydrogen-bond donors (Lipinski definition) is 16. The van der Waals surface area contributed by atoms with Gasteiger partial charge in [0.05, 0.1) is 48.2 Å². The maximum atomic E-state index is 14.0. The molecule has 0 unspecified atom stereocenters. The van der Waals surface area contributed by atoms with E-state index in [9.17, 15) is 78.0 Å². The summed E-state index contributed by atoms with van der Waals surface area (Å²) in [6, 6.07) is -2.79. The van der Waals surface area contributed by atoms with Crippen molar-refractivity contribution in [2.45, 2.75) is 103 Å². The van der Waals surface area contributed by atoms with Crippen LogP contribution in [0.4, 0.5) is 11.4 Å². The van der Waals surface area contributed by atoms with Gasteiger partial charge in [0.1, 0.15) is 47.8 Å². The van der Waals surface area contributed by atoms with Gasteiger partial charge in [0.15, 0.2) is 0 Å². The molecule has 1 aliphatic rings. The molecule has 0 heterocycles. The number of phenols is 2. The first-order valence-corrected chi connectivity index (χ1v) is 24.2. The van der Waals surface area contributed by atoms with E-state index in [0.29, 0.717) is 0 Å². The van der Waals surface area contributed by atoms with Gasteiger partial charge in [0.25, 0.3) is 0 Å². The third-order valence-electron chi connectivity index (χ3n) is 11.4. The number of ketones is 2. The van der Waals surface area contributed by atoms with Crippen molar-refractivity contribution in [1.82, 2.24) is 42.5 Å². The maximum Gasteiger partial charge on any atom is 0.305 e. The van der Waals surface area contributed by atoms with Crippen molar-refractivity contribution in [1.29, 1.82) is 0 Å². The number of carboxylic acids is 2. The molecular formula is C48H68N12O16. The van der Waals surface area contributed by atoms with E-state index in [-0.39, 0.29) is 73.4 Å². The molecule has 2 aromatic carbocycles. The van der Waals surface area contributed by atoms with Crippen molar-refractivity contribution >= 4 is 82.1 Å². The minimum atomic E-state index is -1.61. The van der Waals surface area contributed by atoms with Gasteiger partial charge in [-0.3, -0.25) is 57.5 Å². The van der Waals surface area contributed by atoms with Crippen LogP contribution in [0.3, 0.4) is 0 Å². The summed E-state index contributed by atoms with van der Waals surface area (Å²) < 4.78 is 0. The summed E-state index contributed by atoms with van der Waals surface area (Å²) in [5.74, 6) is -12.4. The van der Waals surface area contributed by atoms with Crippen LogP contribution in [0.2, 0.25) is 0 Å². The molecular weight excluding hydrogens is 1000 g/mol. The first-order valence-electron chi connectivity index (χ1n) is 24.2. The third kappa shape index (κ3) is 18.5. The van der Waals surface area contributed by atoms with Gasteiger partial charge in [-0.15, -0.1) is 0 Å². The summed E-state index contributed by atoms with van der Waals surface area (Å²) in [6.45, 7) is 8.93. The topological polar surface area (TPSA) is 458 Å². The van der Waals surface area contributed by atoms with Crippen LogP contribution in [0.15, 0.2) is 24.3 Å². The van der Waals surface area contributed by atoms with E-state index in [4.69, 9.17) is 11.5 Å². The minimum absolute atomic E-state index is 0.00592. The van der Waals surface area contributed by atoms with Gasteiger partial charge in [-0.2, -0.15) is 0 Å². The molecule has 0 spiro atoms. The number of primary amides is 2. The molecule has 0 saturated carbocycles. The van der Waals surface area contributed by atoms with Crippen molar-refractivity contribution in [3.8, 4) is 11.5 Å². The Kier molecular flexibility index (Phi) is 23.5. The number of carbonyl (C=O) groups excluding carboxylic acids is 10. The van der Waals surface area contributed by atoms with Gasteiger partial charge in [-0.25, -0.2) is 0 Å². The zero-order valence-electron chi connectivity index (χ0n) is 42.8. The number of carbonyl (C=O) groups is 12. The summed E-state index contributed by atoms with van der Waals surface area (Å²) in [5.41, 5.74) is 9.67. The lowest BCUT2D eigenvalue weighted by Gasteiger charge is -2.25. The molecule has 6 atom stereocenters. The minimum Gasteiger partial charge on any atom is -0.507 e. The van der Waals surface area contributed by atoms with Gasteiger partial charge in [0.2, 0.25) is 58.8 Å². The molecule has 18 N–H and O–H groups in total. The molecule has 28 nitrogen and oxygen atoms in total. The van der Waals surface area contributed by atoms with E-state index in [1.54, 1.807) is 0 Å². The lowest BCUT2D eigenvalue weighted by molar-refractivity contribution is -0.141. The fourth-order valence-electron chi connectivity index (χ4n) is 7.68. The van der Waals surface area contributed by atoms with E-state index < -0.39 is 156 Å². The van der Waals surface area contributed by atoms with E-state index in [2.05, 4.69) is 53.2 Å². The molecule has 76 heavy (non-hydrogen) atoms. The highest BCUT2D eigenvalue weighted by molar-refractivity contribution is 6.33. The Bertz CT molecular complexity index is 2380. The van der Waals surface area contributed by atoms with E-state index in [1.165, 1.54) is 26.0 Å². The molecule has 2 aromatic rings. The molecule has 1 aliphatic carbocycles. The van der Waals surface area contributed by atoms with Gasteiger partial charge < -0.3 is 85.1 Å². The van der Waals surface area contributed by atoms with Crippen LogP contribution in [-0.2, 0) is 47.9 Å². The Morgan fingerprint density at radius 3 is 1.11 bits per heavy atom. The number of nitrogens with one attached hydrogen (secondary N) is 10. The number of carboxylic acid groups (broad SMARTS) is 2. The van der Waals surface area contributed by atoms with Gasteiger partial charge in [-0.1, -0.05) is 27.7 Å². The summed E-state index contributed by atoms with van der Waals surface area (Å²) >= 11 is 0. The van der Waals surface area contributed by atoms with Crippen molar-refractivity contribution < 1.29 is 78.0 Å². The number of aromatic hydroxyl groups is 2. The Balaban J connectivity index is 1.64. The number of hydrogen-bond acceptors (Lipinski definition) is 18. The van der Waals surface area contributed by atoms with Crippen LogP contribution in [0, 0.1) is 11.8 Å². The SMILES string of the molecule is CC(C)C[C@H](NC(=O)[C@H](C)NC(=O)[C@H](CC(=O)O)NC(=O)CNCCNc1ccc(NCCNCC(=O)N[C@@H](CC(=O)O)C(=O)N[C@@H](C)C(=O)N[C@@H](CC(C)C)C(N)=O)c2c1C(=O)c1c(O)ccc(O)c1C2=O)C(N)=O. The predicted molar refractivity (Wildman–Crippen MR) is 271 cm³/mol. The number of nitrogens with two attached hydrogens (primary N) is 2. The fourth-order valence-corrected chi connectivity index (χ4v) is 7.68. The van der Waals surface area contributed by atoms with Crippen LogP contribution in [0.5, 0.6) is 11.5 Å². The van der Waals surface area contributed by atoms with Crippen LogP contribution in [0.25, 0.3) is 0 Å². The van der Waals surface area contributed by atoms with Gasteiger partial charge >= 0.3 is 11.9 Å². The lowest BCUT2D eigenvalue weighted by Crippen LogP contribution is -2.56. The normalized spacial score (nSPS) is 14.1.